The second-order valence-corrected chi connectivity index (χ2v) is 2.47. The van der Waals surface area contributed by atoms with Gasteiger partial charge in [0.15, 0.2) is 0 Å². The number of thiol groups is 1. The van der Waals surface area contributed by atoms with Gasteiger partial charge in [0.05, 0.1) is 5.56 Å². The Balaban J connectivity index is 3.15. The van der Waals surface area contributed by atoms with E-state index in [4.69, 9.17) is 11.1 Å². The van der Waals surface area contributed by atoms with E-state index >= 15 is 0 Å². The number of nitrogens with zero attached hydrogens (tertiary/aromatic N) is 1. The molecule has 11 heavy (non-hydrogen) atoms. The highest BCUT2D eigenvalue weighted by molar-refractivity contribution is 7.80. The first kappa shape index (κ1) is 7.92. The van der Waals surface area contributed by atoms with Crippen LogP contribution in [0.4, 0.5) is 5.69 Å². The quantitative estimate of drug-likeness (QED) is 0.332. The van der Waals surface area contributed by atoms with Crippen LogP contribution in [0.2, 0.25) is 0 Å². The molecule has 0 heterocycles. The highest BCUT2D eigenvalue weighted by atomic mass is 32.1. The van der Waals surface area contributed by atoms with Crippen LogP contribution in [0.25, 0.3) is 0 Å². The summed E-state index contributed by atoms with van der Waals surface area (Å²) in [6.45, 7) is 0. The van der Waals surface area contributed by atoms with Crippen LogP contribution >= 0.6 is 12.6 Å². The van der Waals surface area contributed by atoms with Crippen molar-refractivity contribution in [2.24, 2.45) is 5.84 Å². The molecule has 0 aliphatic carbocycles. The SMILES string of the molecule is N#Cc1cc(NN)ccc1S. The van der Waals surface area contributed by atoms with Gasteiger partial charge in [0.25, 0.3) is 0 Å². The monoisotopic (exact) mass is 165 g/mol. The fourth-order valence-electron chi connectivity index (χ4n) is 0.715. The van der Waals surface area contributed by atoms with Gasteiger partial charge in [0.2, 0.25) is 0 Å². The summed E-state index contributed by atoms with van der Waals surface area (Å²) < 4.78 is 0. The lowest BCUT2D eigenvalue weighted by Crippen LogP contribution is -2.06. The normalized spacial score (nSPS) is 8.82. The summed E-state index contributed by atoms with van der Waals surface area (Å²) in [5.41, 5.74) is 3.67. The van der Waals surface area contributed by atoms with Crippen LogP contribution in [0.3, 0.4) is 0 Å². The average Bonchev–Trinajstić information content (AvgIpc) is 2.05. The van der Waals surface area contributed by atoms with Crippen molar-refractivity contribution < 1.29 is 0 Å². The van der Waals surface area contributed by atoms with Crippen molar-refractivity contribution in [3.05, 3.63) is 23.8 Å². The standard InChI is InChI=1S/C7H7N3S/c8-4-5-3-6(10-9)1-2-7(5)11/h1-3,10-11H,9H2. The Hall–Kier alpha value is -1.18. The third kappa shape index (κ3) is 1.64. The van der Waals surface area contributed by atoms with E-state index in [2.05, 4.69) is 18.1 Å². The number of nitrogen functional groups attached to an aromatic ring is 1. The largest absolute Gasteiger partial charge is 0.324 e. The van der Waals surface area contributed by atoms with Crippen LogP contribution in [0, 0.1) is 11.3 Å². The molecule has 3 N–H and O–H groups in total. The van der Waals surface area contributed by atoms with Gasteiger partial charge in [0.1, 0.15) is 6.07 Å². The number of nitriles is 1. The van der Waals surface area contributed by atoms with E-state index in [0.29, 0.717) is 16.1 Å². The minimum absolute atomic E-state index is 0.517. The fraction of sp³-hybridized carbons (Fsp3) is 0. The lowest BCUT2D eigenvalue weighted by atomic mass is 10.2. The zero-order valence-electron chi connectivity index (χ0n) is 5.70. The van der Waals surface area contributed by atoms with Gasteiger partial charge in [-0.15, -0.1) is 12.6 Å². The third-order valence-corrected chi connectivity index (χ3v) is 1.67. The molecule has 0 saturated carbocycles. The van der Waals surface area contributed by atoms with Crippen molar-refractivity contribution in [1.29, 1.82) is 5.26 Å². The summed E-state index contributed by atoms with van der Waals surface area (Å²) in [4.78, 5) is 0.659. The number of anilines is 1. The second kappa shape index (κ2) is 3.28. The molecular formula is C7H7N3S. The van der Waals surface area contributed by atoms with Crippen molar-refractivity contribution in [3.63, 3.8) is 0 Å². The van der Waals surface area contributed by atoms with Crippen LogP contribution in [0.5, 0.6) is 0 Å². The Labute approximate surface area is 70.2 Å². The Morgan fingerprint density at radius 1 is 1.55 bits per heavy atom. The molecule has 4 heteroatoms. The maximum Gasteiger partial charge on any atom is 0.100 e. The minimum Gasteiger partial charge on any atom is -0.324 e. The molecule has 0 bridgehead atoms. The number of hydrazine groups is 1. The number of nitrogens with two attached hydrogens (primary N) is 1. The zero-order valence-corrected chi connectivity index (χ0v) is 6.60. The Bertz CT molecular complexity index is 303. The summed E-state index contributed by atoms with van der Waals surface area (Å²) in [5.74, 6) is 5.14. The Morgan fingerprint density at radius 3 is 2.82 bits per heavy atom. The maximum absolute atomic E-state index is 8.57. The molecule has 0 amide bonds. The highest BCUT2D eigenvalue weighted by Crippen LogP contribution is 2.16. The number of hydrogen-bond donors (Lipinski definition) is 3. The molecule has 0 spiro atoms. The molecule has 1 aromatic carbocycles. The second-order valence-electron chi connectivity index (χ2n) is 1.99. The van der Waals surface area contributed by atoms with Crippen molar-refractivity contribution in [3.8, 4) is 6.07 Å². The van der Waals surface area contributed by atoms with E-state index in [1.807, 2.05) is 6.07 Å². The van der Waals surface area contributed by atoms with E-state index in [0.717, 1.165) is 0 Å². The van der Waals surface area contributed by atoms with Crippen LogP contribution in [0.15, 0.2) is 23.1 Å². The minimum atomic E-state index is 0.517. The molecule has 0 radical (unpaired) electrons. The molecule has 0 unspecified atom stereocenters. The average molecular weight is 165 g/mol. The van der Waals surface area contributed by atoms with Crippen molar-refractivity contribution >= 4 is 18.3 Å². The van der Waals surface area contributed by atoms with Crippen molar-refractivity contribution in [1.82, 2.24) is 0 Å². The van der Waals surface area contributed by atoms with E-state index in [-0.39, 0.29) is 0 Å². The highest BCUT2D eigenvalue weighted by Gasteiger charge is 1.97. The van der Waals surface area contributed by atoms with Gasteiger partial charge in [-0.1, -0.05) is 0 Å². The fourth-order valence-corrected chi connectivity index (χ4v) is 0.904. The Morgan fingerprint density at radius 2 is 2.27 bits per heavy atom. The predicted octanol–water partition coefficient (Wildman–Crippen LogP) is 1.13. The summed E-state index contributed by atoms with van der Waals surface area (Å²) in [7, 11) is 0. The molecule has 56 valence electrons. The number of nitrogens with one attached hydrogen (secondary N) is 1. The molecule has 1 rings (SSSR count). The van der Waals surface area contributed by atoms with Gasteiger partial charge in [-0.3, -0.25) is 5.84 Å². The summed E-state index contributed by atoms with van der Waals surface area (Å²) >= 11 is 4.07. The number of rotatable bonds is 1. The van der Waals surface area contributed by atoms with Gasteiger partial charge in [-0.05, 0) is 18.2 Å². The molecule has 0 saturated heterocycles. The summed E-state index contributed by atoms with van der Waals surface area (Å²) in [6.07, 6.45) is 0. The molecule has 0 fully saturated rings. The molecule has 0 aromatic heterocycles. The van der Waals surface area contributed by atoms with Crippen molar-refractivity contribution in [2.75, 3.05) is 5.43 Å². The molecule has 3 nitrogen and oxygen atoms in total. The van der Waals surface area contributed by atoms with Gasteiger partial charge in [0, 0.05) is 10.6 Å². The van der Waals surface area contributed by atoms with E-state index in [9.17, 15) is 0 Å². The first-order valence-electron chi connectivity index (χ1n) is 2.97. The van der Waals surface area contributed by atoms with Crippen LogP contribution < -0.4 is 11.3 Å². The van der Waals surface area contributed by atoms with Crippen LogP contribution in [0.1, 0.15) is 5.56 Å². The third-order valence-electron chi connectivity index (χ3n) is 1.28. The maximum atomic E-state index is 8.57. The molecule has 0 atom stereocenters. The molecule has 0 aliphatic rings. The number of hydrogen-bond acceptors (Lipinski definition) is 4. The Kier molecular flexibility index (Phi) is 2.36. The van der Waals surface area contributed by atoms with Gasteiger partial charge >= 0.3 is 0 Å². The lowest BCUT2D eigenvalue weighted by Gasteiger charge is -2.00. The topological polar surface area (TPSA) is 61.8 Å². The summed E-state index contributed by atoms with van der Waals surface area (Å²) in [5, 5.41) is 8.57. The first-order chi connectivity index (χ1) is 5.27. The zero-order chi connectivity index (χ0) is 8.27. The first-order valence-corrected chi connectivity index (χ1v) is 3.42. The van der Waals surface area contributed by atoms with E-state index in [1.54, 1.807) is 18.2 Å². The molecular weight excluding hydrogens is 158 g/mol. The molecule has 1 aromatic rings. The molecule has 0 aliphatic heterocycles. The van der Waals surface area contributed by atoms with E-state index in [1.165, 1.54) is 0 Å². The van der Waals surface area contributed by atoms with Gasteiger partial charge in [-0.25, -0.2) is 0 Å². The van der Waals surface area contributed by atoms with Gasteiger partial charge < -0.3 is 5.43 Å². The smallest absolute Gasteiger partial charge is 0.100 e. The predicted molar refractivity (Wildman–Crippen MR) is 46.2 cm³/mol. The van der Waals surface area contributed by atoms with Gasteiger partial charge in [-0.2, -0.15) is 5.26 Å². The lowest BCUT2D eigenvalue weighted by molar-refractivity contribution is 1.31. The van der Waals surface area contributed by atoms with Crippen LogP contribution in [-0.2, 0) is 0 Å². The van der Waals surface area contributed by atoms with Crippen molar-refractivity contribution in [2.45, 2.75) is 4.90 Å². The summed E-state index contributed by atoms with van der Waals surface area (Å²) in [6, 6.07) is 7.11. The number of benzene rings is 1. The van der Waals surface area contributed by atoms with E-state index < -0.39 is 0 Å². The van der Waals surface area contributed by atoms with Crippen LogP contribution in [-0.4, -0.2) is 0 Å².